The largest absolute Gasteiger partial charge is 0.804 e. The van der Waals surface area contributed by atoms with Crippen LogP contribution < -0.4 is 5.11 Å². The summed E-state index contributed by atoms with van der Waals surface area (Å²) in [6, 6.07) is 0. The van der Waals surface area contributed by atoms with Crippen molar-refractivity contribution in [2.24, 2.45) is 0 Å². The van der Waals surface area contributed by atoms with E-state index in [-0.39, 0.29) is 43.9 Å². The Bertz CT molecular complexity index is 127. The summed E-state index contributed by atoms with van der Waals surface area (Å²) in [6.07, 6.45) is -1.33. The van der Waals surface area contributed by atoms with Gasteiger partial charge in [-0.25, -0.2) is 0 Å². The van der Waals surface area contributed by atoms with Crippen LogP contribution in [0.2, 0.25) is 0 Å². The summed E-state index contributed by atoms with van der Waals surface area (Å²) in [6.45, 7) is -0.794. The van der Waals surface area contributed by atoms with Gasteiger partial charge in [0.2, 0.25) is 0 Å². The molecule has 0 fully saturated rings. The molecule has 6 nitrogen and oxygen atoms in total. The molecule has 0 saturated carbocycles. The first kappa shape index (κ1) is 13.8. The summed E-state index contributed by atoms with van der Waals surface area (Å²) in [4.78, 5) is 0. The maximum Gasteiger partial charge on any atom is 0.102 e. The van der Waals surface area contributed by atoms with Crippen LogP contribution in [0.1, 0.15) is 0 Å². The van der Waals surface area contributed by atoms with Gasteiger partial charge in [0.25, 0.3) is 0 Å². The second kappa shape index (κ2) is 7.10. The lowest BCUT2D eigenvalue weighted by Crippen LogP contribution is -2.65. The van der Waals surface area contributed by atoms with Gasteiger partial charge in [-0.05, 0) is 0 Å². The summed E-state index contributed by atoms with van der Waals surface area (Å²) in [5.74, 6) is 0. The third-order valence-corrected chi connectivity index (χ3v) is 2.40. The first-order valence-corrected chi connectivity index (χ1v) is 4.62. The van der Waals surface area contributed by atoms with Crippen molar-refractivity contribution < 1.29 is 30.0 Å². The van der Waals surface area contributed by atoms with Crippen LogP contribution in [0.5, 0.6) is 0 Å². The number of hydrogen-bond donors (Lipinski definition) is 4. The normalized spacial score (nSPS) is 14.4. The fraction of sp³-hybridized carbons (Fsp3) is 1.00. The van der Waals surface area contributed by atoms with Gasteiger partial charge in [0.05, 0.1) is 26.4 Å². The number of hydrogen-bond acceptors (Lipinski definition) is 5. The second-order valence-corrected chi connectivity index (χ2v) is 3.20. The van der Waals surface area contributed by atoms with Gasteiger partial charge in [-0.2, -0.15) is 0 Å². The molecule has 6 heteroatoms. The van der Waals surface area contributed by atoms with Crippen molar-refractivity contribution in [2.45, 2.75) is 6.23 Å². The van der Waals surface area contributed by atoms with E-state index in [9.17, 15) is 5.11 Å². The fourth-order valence-corrected chi connectivity index (χ4v) is 1.54. The van der Waals surface area contributed by atoms with E-state index in [1.165, 1.54) is 0 Å². The van der Waals surface area contributed by atoms with E-state index >= 15 is 0 Å². The van der Waals surface area contributed by atoms with Gasteiger partial charge in [0, 0.05) is 6.23 Å². The summed E-state index contributed by atoms with van der Waals surface area (Å²) in [5.41, 5.74) is 0. The number of aliphatic hydroxyl groups is 4. The van der Waals surface area contributed by atoms with Crippen molar-refractivity contribution in [2.75, 3.05) is 46.1 Å². The van der Waals surface area contributed by atoms with Crippen molar-refractivity contribution in [3.63, 3.8) is 0 Å². The minimum atomic E-state index is -1.33. The molecule has 0 aliphatic rings. The van der Waals surface area contributed by atoms with E-state index in [1.54, 1.807) is 0 Å². The number of rotatable bonds is 8. The molecule has 86 valence electrons. The van der Waals surface area contributed by atoms with Crippen molar-refractivity contribution >= 4 is 0 Å². The fourth-order valence-electron chi connectivity index (χ4n) is 1.54. The Morgan fingerprint density at radius 2 is 1.21 bits per heavy atom. The zero-order valence-electron chi connectivity index (χ0n) is 8.17. The quantitative estimate of drug-likeness (QED) is 0.245. The van der Waals surface area contributed by atoms with E-state index in [4.69, 9.17) is 20.4 Å². The maximum atomic E-state index is 11.5. The molecule has 4 N–H and O–H groups in total. The minimum Gasteiger partial charge on any atom is -0.804 e. The summed E-state index contributed by atoms with van der Waals surface area (Å²) in [5, 5.41) is 46.7. The topological polar surface area (TPSA) is 104 Å². The maximum absolute atomic E-state index is 11.5. The standard InChI is InChI=1S/C8H19NO5/c10-4-1-9(2-5-11,3-6-12)8(14)7-13/h8,10-13H,1-7H2. The van der Waals surface area contributed by atoms with Crippen LogP contribution in [-0.4, -0.2) is 77.2 Å². The Morgan fingerprint density at radius 1 is 0.857 bits per heavy atom. The lowest BCUT2D eigenvalue weighted by Gasteiger charge is -2.46. The van der Waals surface area contributed by atoms with E-state index in [1.807, 2.05) is 0 Å². The third-order valence-electron chi connectivity index (χ3n) is 2.40. The number of quaternary nitrogens is 1. The van der Waals surface area contributed by atoms with E-state index in [0.29, 0.717) is 0 Å². The van der Waals surface area contributed by atoms with E-state index in [0.717, 1.165) is 0 Å². The molecule has 0 heterocycles. The Labute approximate surface area is 83.2 Å². The number of aliphatic hydroxyl groups excluding tert-OH is 4. The molecule has 0 rings (SSSR count). The Morgan fingerprint density at radius 3 is 1.43 bits per heavy atom. The molecule has 0 aromatic rings. The molecule has 0 aliphatic heterocycles. The van der Waals surface area contributed by atoms with Crippen LogP contribution >= 0.6 is 0 Å². The predicted octanol–water partition coefficient (Wildman–Crippen LogP) is -3.54. The van der Waals surface area contributed by atoms with Crippen molar-refractivity contribution in [3.05, 3.63) is 0 Å². The van der Waals surface area contributed by atoms with Crippen LogP contribution in [0.3, 0.4) is 0 Å². The SMILES string of the molecule is [O-]C(CO)[N+](CCO)(CCO)CCO. The van der Waals surface area contributed by atoms with Crippen LogP contribution in [-0.2, 0) is 0 Å². The summed E-state index contributed by atoms with van der Waals surface area (Å²) in [7, 11) is 0. The van der Waals surface area contributed by atoms with Crippen LogP contribution in [0.25, 0.3) is 0 Å². The molecule has 0 aromatic carbocycles. The van der Waals surface area contributed by atoms with Gasteiger partial charge in [0.15, 0.2) is 0 Å². The lowest BCUT2D eigenvalue weighted by atomic mass is 10.3. The van der Waals surface area contributed by atoms with Gasteiger partial charge in [-0.15, -0.1) is 0 Å². The lowest BCUT2D eigenvalue weighted by molar-refractivity contribution is -1.01. The smallest absolute Gasteiger partial charge is 0.102 e. The zero-order valence-corrected chi connectivity index (χ0v) is 8.17. The molecule has 0 amide bonds. The van der Waals surface area contributed by atoms with Crippen molar-refractivity contribution in [1.82, 2.24) is 0 Å². The van der Waals surface area contributed by atoms with Gasteiger partial charge < -0.3 is 30.0 Å². The van der Waals surface area contributed by atoms with Crippen molar-refractivity contribution in [1.29, 1.82) is 0 Å². The summed E-state index contributed by atoms with van der Waals surface area (Å²) < 4.78 is -0.194. The molecular weight excluding hydrogens is 190 g/mol. The molecule has 0 spiro atoms. The minimum absolute atomic E-state index is 0.135. The predicted molar refractivity (Wildman–Crippen MR) is 47.0 cm³/mol. The highest BCUT2D eigenvalue weighted by Gasteiger charge is 2.28. The molecule has 1 unspecified atom stereocenters. The zero-order chi connectivity index (χ0) is 11.0. The molecule has 0 radical (unpaired) electrons. The highest BCUT2D eigenvalue weighted by Crippen LogP contribution is 2.08. The number of nitrogens with zero attached hydrogens (tertiary/aromatic N) is 1. The Hall–Kier alpha value is -0.240. The Balaban J connectivity index is 4.53. The van der Waals surface area contributed by atoms with Gasteiger partial charge >= 0.3 is 0 Å². The summed E-state index contributed by atoms with van der Waals surface area (Å²) >= 11 is 0. The average Bonchev–Trinajstić information content (AvgIpc) is 2.17. The molecule has 0 saturated heterocycles. The van der Waals surface area contributed by atoms with Gasteiger partial charge in [-0.1, -0.05) is 0 Å². The third kappa shape index (κ3) is 3.49. The molecule has 0 aromatic heterocycles. The van der Waals surface area contributed by atoms with Gasteiger partial charge in [-0.3, -0.25) is 0 Å². The first-order chi connectivity index (χ1) is 6.66. The van der Waals surface area contributed by atoms with Crippen LogP contribution in [0.15, 0.2) is 0 Å². The Kier molecular flexibility index (Phi) is 6.98. The average molecular weight is 209 g/mol. The van der Waals surface area contributed by atoms with Gasteiger partial charge in [0.1, 0.15) is 19.6 Å². The second-order valence-electron chi connectivity index (χ2n) is 3.20. The molecule has 1 atom stereocenters. The molecule has 0 aliphatic carbocycles. The monoisotopic (exact) mass is 209 g/mol. The van der Waals surface area contributed by atoms with Crippen molar-refractivity contribution in [3.8, 4) is 0 Å². The van der Waals surface area contributed by atoms with Crippen LogP contribution in [0.4, 0.5) is 0 Å². The van der Waals surface area contributed by atoms with E-state index < -0.39 is 12.8 Å². The highest BCUT2D eigenvalue weighted by molar-refractivity contribution is 4.47. The molecular formula is C8H19NO5. The highest BCUT2D eigenvalue weighted by atomic mass is 16.3. The first-order valence-electron chi connectivity index (χ1n) is 4.62. The van der Waals surface area contributed by atoms with Crippen LogP contribution in [0, 0.1) is 0 Å². The van der Waals surface area contributed by atoms with E-state index in [2.05, 4.69) is 0 Å². The molecule has 14 heavy (non-hydrogen) atoms. The molecule has 0 bridgehead atoms.